The SMILES string of the molecule is C=CC.C=CC.NC(CO)(CO)CO.O=P(O)(O)OCCO. The highest BCUT2D eigenvalue weighted by atomic mass is 31.2. The van der Waals surface area contributed by atoms with Gasteiger partial charge < -0.3 is 35.9 Å². The molecule has 0 aliphatic carbocycles. The van der Waals surface area contributed by atoms with E-state index in [2.05, 4.69) is 17.7 Å². The zero-order chi connectivity index (χ0) is 18.7. The minimum absolute atomic E-state index is 0.329. The van der Waals surface area contributed by atoms with E-state index < -0.39 is 33.2 Å². The van der Waals surface area contributed by atoms with Crippen molar-refractivity contribution in [2.45, 2.75) is 19.4 Å². The third kappa shape index (κ3) is 36.6. The number of hydrogen-bond acceptors (Lipinski definition) is 7. The molecule has 0 saturated carbocycles. The van der Waals surface area contributed by atoms with Gasteiger partial charge in [0.25, 0.3) is 0 Å². The molecule has 0 unspecified atom stereocenters. The van der Waals surface area contributed by atoms with Crippen LogP contribution in [0, 0.1) is 0 Å². The fraction of sp³-hybridized carbons (Fsp3) is 0.667. The molecular formula is C12H30NO8P. The lowest BCUT2D eigenvalue weighted by Gasteiger charge is -2.20. The van der Waals surface area contributed by atoms with Crippen LogP contribution in [0.15, 0.2) is 25.3 Å². The molecule has 0 aliphatic rings. The van der Waals surface area contributed by atoms with Crippen molar-refractivity contribution in [1.29, 1.82) is 0 Å². The van der Waals surface area contributed by atoms with Gasteiger partial charge in [0.15, 0.2) is 0 Å². The topological polar surface area (TPSA) is 174 Å². The normalized spacial score (nSPS) is 9.86. The Morgan fingerprint density at radius 1 is 1.05 bits per heavy atom. The van der Waals surface area contributed by atoms with Crippen LogP contribution in [0.4, 0.5) is 0 Å². The highest BCUT2D eigenvalue weighted by Gasteiger charge is 2.20. The maximum absolute atomic E-state index is 9.75. The van der Waals surface area contributed by atoms with Crippen LogP contribution in [-0.2, 0) is 9.09 Å². The quantitative estimate of drug-likeness (QED) is 0.238. The van der Waals surface area contributed by atoms with Crippen LogP contribution in [0.1, 0.15) is 13.8 Å². The molecule has 0 aromatic rings. The fourth-order valence-corrected chi connectivity index (χ4v) is 0.629. The summed E-state index contributed by atoms with van der Waals surface area (Å²) in [4.78, 5) is 15.9. The Bertz CT molecular complexity index is 264. The summed E-state index contributed by atoms with van der Waals surface area (Å²) in [5.74, 6) is 0. The van der Waals surface area contributed by atoms with Crippen molar-refractivity contribution < 1.29 is 39.3 Å². The van der Waals surface area contributed by atoms with E-state index in [1.54, 1.807) is 12.2 Å². The number of nitrogens with two attached hydrogens (primary N) is 1. The smallest absolute Gasteiger partial charge is 0.394 e. The Balaban J connectivity index is -0.000000109. The highest BCUT2D eigenvalue weighted by molar-refractivity contribution is 7.46. The Hall–Kier alpha value is -0.610. The summed E-state index contributed by atoms with van der Waals surface area (Å²) in [6.45, 7) is 8.58. The van der Waals surface area contributed by atoms with E-state index in [0.29, 0.717) is 0 Å². The Labute approximate surface area is 131 Å². The molecule has 0 spiro atoms. The molecule has 8 N–H and O–H groups in total. The van der Waals surface area contributed by atoms with Gasteiger partial charge in [-0.3, -0.25) is 4.52 Å². The number of aliphatic hydroxyl groups is 4. The fourth-order valence-electron chi connectivity index (χ4n) is 0.310. The third-order valence-electron chi connectivity index (χ3n) is 1.30. The van der Waals surface area contributed by atoms with E-state index in [-0.39, 0.29) is 13.2 Å². The number of phosphoric acid groups is 1. The summed E-state index contributed by atoms with van der Waals surface area (Å²) >= 11 is 0. The Kier molecular flexibility index (Phi) is 27.3. The van der Waals surface area contributed by atoms with E-state index in [0.717, 1.165) is 0 Å². The molecule has 0 aliphatic heterocycles. The first kappa shape index (κ1) is 29.4. The van der Waals surface area contributed by atoms with Crippen LogP contribution in [0.3, 0.4) is 0 Å². The standard InChI is InChI=1S/C4H11NO3.2C3H6.C2H7O5P/c5-4(1-6,2-7)3-8;2*1-3-2;3-1-2-7-8(4,5)6/h6-8H,1-3,5H2;2*3H,1H2,2H3;3H,1-2H2,(H2,4,5,6). The first-order valence-corrected chi connectivity index (χ1v) is 7.67. The van der Waals surface area contributed by atoms with E-state index in [4.69, 9.17) is 35.9 Å². The van der Waals surface area contributed by atoms with Gasteiger partial charge in [0.05, 0.1) is 38.6 Å². The zero-order valence-corrected chi connectivity index (χ0v) is 14.0. The van der Waals surface area contributed by atoms with Crippen molar-refractivity contribution in [2.75, 3.05) is 33.0 Å². The summed E-state index contributed by atoms with van der Waals surface area (Å²) in [6.07, 6.45) is 3.50. The van der Waals surface area contributed by atoms with Crippen molar-refractivity contribution in [3.8, 4) is 0 Å². The number of hydrogen-bond donors (Lipinski definition) is 7. The summed E-state index contributed by atoms with van der Waals surface area (Å²) in [6, 6.07) is 0. The van der Waals surface area contributed by atoms with Gasteiger partial charge in [0.2, 0.25) is 0 Å². The summed E-state index contributed by atoms with van der Waals surface area (Å²) in [5, 5.41) is 33.0. The van der Waals surface area contributed by atoms with Gasteiger partial charge in [-0.05, 0) is 13.8 Å². The molecule has 0 aromatic heterocycles. The molecule has 10 heteroatoms. The van der Waals surface area contributed by atoms with Crippen molar-refractivity contribution in [3.05, 3.63) is 25.3 Å². The molecule has 0 amide bonds. The first-order valence-electron chi connectivity index (χ1n) is 6.14. The van der Waals surface area contributed by atoms with Crippen molar-refractivity contribution in [1.82, 2.24) is 0 Å². The maximum Gasteiger partial charge on any atom is 0.469 e. The van der Waals surface area contributed by atoms with Gasteiger partial charge in [-0.1, -0.05) is 12.2 Å². The van der Waals surface area contributed by atoms with Gasteiger partial charge in [-0.25, -0.2) is 4.57 Å². The Morgan fingerprint density at radius 2 is 1.32 bits per heavy atom. The monoisotopic (exact) mass is 347 g/mol. The van der Waals surface area contributed by atoms with Gasteiger partial charge in [0, 0.05) is 0 Å². The molecule has 22 heavy (non-hydrogen) atoms. The molecule has 136 valence electrons. The number of phosphoric ester groups is 1. The largest absolute Gasteiger partial charge is 0.469 e. The molecule has 0 radical (unpaired) electrons. The molecule has 0 aromatic carbocycles. The van der Waals surface area contributed by atoms with Gasteiger partial charge in [0.1, 0.15) is 0 Å². The molecule has 0 heterocycles. The minimum atomic E-state index is -4.34. The average Bonchev–Trinajstić information content (AvgIpc) is 2.46. The first-order chi connectivity index (χ1) is 10.1. The second kappa shape index (κ2) is 20.4. The zero-order valence-electron chi connectivity index (χ0n) is 13.1. The van der Waals surface area contributed by atoms with E-state index in [1.807, 2.05) is 13.8 Å². The van der Waals surface area contributed by atoms with Crippen LogP contribution >= 0.6 is 7.82 Å². The van der Waals surface area contributed by atoms with Crippen LogP contribution in [0.25, 0.3) is 0 Å². The molecule has 0 saturated heterocycles. The number of aliphatic hydroxyl groups excluding tert-OH is 4. The molecule has 0 atom stereocenters. The lowest BCUT2D eigenvalue weighted by Crippen LogP contribution is -2.50. The van der Waals surface area contributed by atoms with Gasteiger partial charge >= 0.3 is 7.82 Å². The Morgan fingerprint density at radius 3 is 1.36 bits per heavy atom. The predicted molar refractivity (Wildman–Crippen MR) is 85.0 cm³/mol. The number of allylic oxidation sites excluding steroid dienone is 2. The van der Waals surface area contributed by atoms with E-state index in [9.17, 15) is 4.57 Å². The van der Waals surface area contributed by atoms with E-state index >= 15 is 0 Å². The van der Waals surface area contributed by atoms with Crippen molar-refractivity contribution in [2.24, 2.45) is 5.73 Å². The summed E-state index contributed by atoms with van der Waals surface area (Å²) < 4.78 is 13.5. The van der Waals surface area contributed by atoms with Crippen LogP contribution in [0.2, 0.25) is 0 Å². The van der Waals surface area contributed by atoms with Crippen LogP contribution < -0.4 is 5.73 Å². The lowest BCUT2D eigenvalue weighted by atomic mass is 10.1. The average molecular weight is 347 g/mol. The second-order valence-electron chi connectivity index (χ2n) is 3.70. The van der Waals surface area contributed by atoms with E-state index in [1.165, 1.54) is 0 Å². The van der Waals surface area contributed by atoms with Crippen molar-refractivity contribution >= 4 is 7.82 Å². The summed E-state index contributed by atoms with van der Waals surface area (Å²) in [5.41, 5.74) is 3.94. The predicted octanol–water partition coefficient (Wildman–Crippen LogP) is -0.867. The maximum atomic E-state index is 9.75. The van der Waals surface area contributed by atoms with Gasteiger partial charge in [-0.2, -0.15) is 0 Å². The highest BCUT2D eigenvalue weighted by Crippen LogP contribution is 2.34. The summed E-state index contributed by atoms with van der Waals surface area (Å²) in [7, 11) is -4.34. The molecule has 0 rings (SSSR count). The third-order valence-corrected chi connectivity index (χ3v) is 1.81. The van der Waals surface area contributed by atoms with Gasteiger partial charge in [-0.15, -0.1) is 13.2 Å². The molecular weight excluding hydrogens is 317 g/mol. The van der Waals surface area contributed by atoms with Crippen LogP contribution in [0.5, 0.6) is 0 Å². The molecule has 9 nitrogen and oxygen atoms in total. The molecule has 0 fully saturated rings. The number of rotatable bonds is 6. The minimum Gasteiger partial charge on any atom is -0.394 e. The van der Waals surface area contributed by atoms with Crippen LogP contribution in [-0.4, -0.2) is 68.8 Å². The molecule has 0 bridgehead atoms. The van der Waals surface area contributed by atoms with Crippen molar-refractivity contribution in [3.63, 3.8) is 0 Å². The lowest BCUT2D eigenvalue weighted by molar-refractivity contribution is 0.0697. The second-order valence-corrected chi connectivity index (χ2v) is 4.94.